The summed E-state index contributed by atoms with van der Waals surface area (Å²) in [4.78, 5) is 0. The van der Waals surface area contributed by atoms with Gasteiger partial charge in [0.05, 0.1) is 0 Å². The van der Waals surface area contributed by atoms with Gasteiger partial charge >= 0.3 is 147 Å². The Morgan fingerprint density at radius 1 is 1.09 bits per heavy atom. The van der Waals surface area contributed by atoms with E-state index in [4.69, 9.17) is 0 Å². The monoisotopic (exact) mass is 405 g/mol. The van der Waals surface area contributed by atoms with Crippen LogP contribution in [0.5, 0.6) is 0 Å². The van der Waals surface area contributed by atoms with Crippen LogP contribution in [0.3, 0.4) is 0 Å². The Balaban J connectivity index is 0.00000242. The standard InChI is InChI=1S/C19H27S.2ClH.Ti/c1-15-11-9-10-14-19(15,20-17(2,3)4)18(5,6)16-12-7-8-13-16;;;/h7,9-12H,8,14H2,1-6H3;2*1H;/q;;;+2/p-2. The van der Waals surface area contributed by atoms with Crippen molar-refractivity contribution in [3.63, 3.8) is 0 Å². The number of rotatable bonds is 3. The van der Waals surface area contributed by atoms with Gasteiger partial charge in [-0.15, -0.1) is 0 Å². The van der Waals surface area contributed by atoms with Crippen LogP contribution in [0.1, 0.15) is 54.4 Å². The molecule has 4 heteroatoms. The molecular weight excluding hydrogens is 379 g/mol. The van der Waals surface area contributed by atoms with Gasteiger partial charge in [0.1, 0.15) is 0 Å². The Kier molecular flexibility index (Phi) is 8.54. The van der Waals surface area contributed by atoms with Crippen molar-refractivity contribution in [2.75, 3.05) is 0 Å². The number of thioether (sulfide) groups is 1. The van der Waals surface area contributed by atoms with Crippen LogP contribution in [0.15, 0.2) is 45.4 Å². The van der Waals surface area contributed by atoms with E-state index in [2.05, 4.69) is 104 Å². The fraction of sp³-hybridized carbons (Fsp3) is 0.579. The maximum Gasteiger partial charge on any atom is -1.00 e. The third-order valence-electron chi connectivity index (χ3n) is 4.62. The molecule has 0 nitrogen and oxygen atoms in total. The summed E-state index contributed by atoms with van der Waals surface area (Å²) >= 11 is 4.44. The van der Waals surface area contributed by atoms with Gasteiger partial charge in [-0.05, 0) is 0 Å². The van der Waals surface area contributed by atoms with Gasteiger partial charge in [-0.3, -0.25) is 0 Å². The average Bonchev–Trinajstić information content (AvgIpc) is 2.77. The van der Waals surface area contributed by atoms with Gasteiger partial charge in [0.2, 0.25) is 0 Å². The molecule has 0 amide bonds. The van der Waals surface area contributed by atoms with Crippen LogP contribution in [-0.4, -0.2) is 9.49 Å². The van der Waals surface area contributed by atoms with Gasteiger partial charge in [-0.25, -0.2) is 0 Å². The van der Waals surface area contributed by atoms with Gasteiger partial charge in [0.25, 0.3) is 0 Å². The van der Waals surface area contributed by atoms with Crippen molar-refractivity contribution < 1.29 is 45.2 Å². The predicted molar refractivity (Wildman–Crippen MR) is 92.2 cm³/mol. The maximum absolute atomic E-state index is 2.44. The average molecular weight is 406 g/mol. The topological polar surface area (TPSA) is 0 Å². The third-order valence-corrected chi connectivity index (χ3v) is 7.32. The number of allylic oxidation sites excluding steroid dienone is 7. The Morgan fingerprint density at radius 3 is 2.13 bits per heavy atom. The summed E-state index contributed by atoms with van der Waals surface area (Å²) in [7, 11) is 0. The zero-order chi connectivity index (χ0) is 15.9. The van der Waals surface area contributed by atoms with Crippen molar-refractivity contribution in [3.8, 4) is 0 Å². The molecule has 0 fully saturated rings. The number of hydrogen-bond donors (Lipinski definition) is 0. The molecule has 0 N–H and O–H groups in total. The van der Waals surface area contributed by atoms with E-state index in [-0.39, 0.29) is 39.7 Å². The molecule has 0 radical (unpaired) electrons. The molecule has 127 valence electrons. The first-order valence-corrected chi connectivity index (χ1v) is 9.36. The van der Waals surface area contributed by atoms with E-state index in [1.807, 2.05) is 0 Å². The van der Waals surface area contributed by atoms with Gasteiger partial charge in [0, 0.05) is 0 Å². The SMILES string of the molecule is CC1=CC=CCC1(SC(C)(C)C)C(C)(C)C1=[C]([Ti+2])CC=C1.[Cl-].[Cl-]. The Hall–Kier alpha value is 0.604. The van der Waals surface area contributed by atoms with Crippen molar-refractivity contribution in [2.45, 2.75) is 63.9 Å². The molecule has 0 spiro atoms. The molecule has 0 aromatic carbocycles. The van der Waals surface area contributed by atoms with Crippen LogP contribution in [-0.2, 0) is 20.4 Å². The smallest absolute Gasteiger partial charge is 1.00 e. The largest absolute Gasteiger partial charge is 1.00 e. The second-order valence-corrected chi connectivity index (χ2v) is 10.7. The molecule has 0 bridgehead atoms. The number of halogens is 2. The summed E-state index contributed by atoms with van der Waals surface area (Å²) in [5.74, 6) is 0. The fourth-order valence-corrected chi connectivity index (χ4v) is 6.19. The van der Waals surface area contributed by atoms with Crippen LogP contribution in [0.4, 0.5) is 0 Å². The summed E-state index contributed by atoms with van der Waals surface area (Å²) < 4.78 is 1.93. The summed E-state index contributed by atoms with van der Waals surface area (Å²) in [6.07, 6.45) is 13.8. The fourth-order valence-electron chi connectivity index (χ4n) is 3.57. The molecule has 1 unspecified atom stereocenters. The van der Waals surface area contributed by atoms with Gasteiger partial charge in [0.15, 0.2) is 0 Å². The van der Waals surface area contributed by atoms with Crippen LogP contribution in [0.25, 0.3) is 0 Å². The zero-order valence-electron chi connectivity index (χ0n) is 15.0. The summed E-state index contributed by atoms with van der Waals surface area (Å²) in [5, 5.41) is 0. The van der Waals surface area contributed by atoms with Crippen LogP contribution < -0.4 is 24.8 Å². The van der Waals surface area contributed by atoms with Gasteiger partial charge in [-0.1, -0.05) is 0 Å². The van der Waals surface area contributed by atoms with E-state index < -0.39 is 0 Å². The molecule has 1 atom stereocenters. The summed E-state index contributed by atoms with van der Waals surface area (Å²) in [6, 6.07) is 0. The van der Waals surface area contributed by atoms with Gasteiger partial charge < -0.3 is 24.8 Å². The predicted octanol–water partition coefficient (Wildman–Crippen LogP) is -0.0419. The Bertz CT molecular complexity index is 550. The van der Waals surface area contributed by atoms with E-state index in [0.29, 0.717) is 0 Å². The second-order valence-electron chi connectivity index (χ2n) is 7.65. The normalized spacial score (nSPS) is 24.3. The van der Waals surface area contributed by atoms with Crippen molar-refractivity contribution in [1.82, 2.24) is 0 Å². The zero-order valence-corrected chi connectivity index (χ0v) is 18.9. The maximum atomic E-state index is 2.44. The molecule has 23 heavy (non-hydrogen) atoms. The second kappa shape index (κ2) is 8.32. The molecule has 0 aromatic rings. The molecule has 0 heterocycles. The minimum atomic E-state index is 0. The quantitative estimate of drug-likeness (QED) is 0.593. The van der Waals surface area contributed by atoms with Crippen LogP contribution in [0.2, 0.25) is 0 Å². The van der Waals surface area contributed by atoms with E-state index in [9.17, 15) is 0 Å². The molecule has 0 aromatic heterocycles. The van der Waals surface area contributed by atoms with E-state index >= 15 is 0 Å². The first-order valence-electron chi connectivity index (χ1n) is 7.76. The Morgan fingerprint density at radius 2 is 1.70 bits per heavy atom. The molecular formula is C19H27Cl2STi. The van der Waals surface area contributed by atoms with Crippen molar-refractivity contribution in [3.05, 3.63) is 45.4 Å². The summed E-state index contributed by atoms with van der Waals surface area (Å²) in [5.41, 5.74) is 3.19. The van der Waals surface area contributed by atoms with E-state index in [1.165, 1.54) is 9.45 Å². The minimum absolute atomic E-state index is 0. The van der Waals surface area contributed by atoms with E-state index in [0.717, 1.165) is 12.8 Å². The first-order chi connectivity index (χ1) is 9.60. The van der Waals surface area contributed by atoms with Crippen molar-refractivity contribution in [1.29, 1.82) is 0 Å². The molecule has 0 saturated carbocycles. The van der Waals surface area contributed by atoms with Crippen molar-refractivity contribution >= 4 is 11.8 Å². The van der Waals surface area contributed by atoms with E-state index in [1.54, 1.807) is 5.57 Å². The first kappa shape index (κ1) is 23.6. The van der Waals surface area contributed by atoms with Crippen LogP contribution >= 0.6 is 11.8 Å². The molecule has 0 aliphatic heterocycles. The minimum Gasteiger partial charge on any atom is -1.00 e. The summed E-state index contributed by atoms with van der Waals surface area (Å²) in [6.45, 7) is 14.2. The van der Waals surface area contributed by atoms with Gasteiger partial charge in [-0.2, -0.15) is 0 Å². The Labute approximate surface area is 170 Å². The third kappa shape index (κ3) is 4.61. The number of hydrogen-bond acceptors (Lipinski definition) is 1. The molecule has 0 saturated heterocycles. The van der Waals surface area contributed by atoms with Crippen molar-refractivity contribution in [2.24, 2.45) is 5.41 Å². The molecule has 2 rings (SSSR count). The molecule has 2 aliphatic carbocycles. The van der Waals surface area contributed by atoms with Crippen LogP contribution in [0, 0.1) is 5.41 Å². The molecule has 2 aliphatic rings.